The maximum Gasteiger partial charge on any atom is 0.410 e. The van der Waals surface area contributed by atoms with Crippen LogP contribution < -0.4 is 5.32 Å². The number of rotatable bonds is 5. The lowest BCUT2D eigenvalue weighted by molar-refractivity contribution is -0.126. The van der Waals surface area contributed by atoms with Crippen molar-refractivity contribution in [1.82, 2.24) is 10.2 Å². The van der Waals surface area contributed by atoms with Crippen LogP contribution in [0.5, 0.6) is 0 Å². The Morgan fingerprint density at radius 2 is 2.00 bits per heavy atom. The number of halogens is 2. The van der Waals surface area contributed by atoms with Gasteiger partial charge in [0.15, 0.2) is 0 Å². The standard InChI is InChI=1S/C17H24ClFN2O3/c1-6-13(21(5)16(23)24-17(2,3)4)15(22)20-10-11-8-7-9-12(18)14(11)19/h7-9,13H,6,10H2,1-5H3,(H,20,22). The summed E-state index contributed by atoms with van der Waals surface area (Å²) in [5.41, 5.74) is -0.366. The van der Waals surface area contributed by atoms with E-state index in [9.17, 15) is 14.0 Å². The molecule has 7 heteroatoms. The van der Waals surface area contributed by atoms with Gasteiger partial charge in [-0.05, 0) is 33.3 Å². The van der Waals surface area contributed by atoms with Gasteiger partial charge in [0.2, 0.25) is 5.91 Å². The Kier molecular flexibility index (Phi) is 7.02. The SMILES string of the molecule is CCC(C(=O)NCc1cccc(Cl)c1F)N(C)C(=O)OC(C)(C)C. The highest BCUT2D eigenvalue weighted by molar-refractivity contribution is 6.30. The van der Waals surface area contributed by atoms with Crippen molar-refractivity contribution < 1.29 is 18.7 Å². The van der Waals surface area contributed by atoms with Crippen LogP contribution in [-0.2, 0) is 16.1 Å². The van der Waals surface area contributed by atoms with E-state index in [0.29, 0.717) is 6.42 Å². The summed E-state index contributed by atoms with van der Waals surface area (Å²) in [4.78, 5) is 25.7. The van der Waals surface area contributed by atoms with Crippen LogP contribution in [0, 0.1) is 5.82 Å². The van der Waals surface area contributed by atoms with E-state index in [1.165, 1.54) is 18.0 Å². The molecule has 0 spiro atoms. The van der Waals surface area contributed by atoms with Crippen LogP contribution in [0.3, 0.4) is 0 Å². The number of hydrogen-bond donors (Lipinski definition) is 1. The number of carbonyl (C=O) groups excluding carboxylic acids is 2. The first-order valence-electron chi connectivity index (χ1n) is 7.73. The second-order valence-electron chi connectivity index (χ2n) is 6.45. The van der Waals surface area contributed by atoms with Gasteiger partial charge in [-0.3, -0.25) is 9.69 Å². The minimum atomic E-state index is -0.706. The molecular weight excluding hydrogens is 335 g/mol. The molecule has 24 heavy (non-hydrogen) atoms. The van der Waals surface area contributed by atoms with Crippen LogP contribution in [0.2, 0.25) is 5.02 Å². The molecule has 0 radical (unpaired) electrons. The molecule has 1 rings (SSSR count). The van der Waals surface area contributed by atoms with Gasteiger partial charge in [-0.25, -0.2) is 9.18 Å². The van der Waals surface area contributed by atoms with Crippen molar-refractivity contribution in [3.05, 3.63) is 34.6 Å². The molecule has 0 heterocycles. The average Bonchev–Trinajstić information content (AvgIpc) is 2.47. The van der Waals surface area contributed by atoms with E-state index < -0.39 is 23.6 Å². The van der Waals surface area contributed by atoms with E-state index in [-0.39, 0.29) is 23.0 Å². The number of hydrogen-bond acceptors (Lipinski definition) is 3. The highest BCUT2D eigenvalue weighted by Crippen LogP contribution is 2.18. The predicted molar refractivity (Wildman–Crippen MR) is 91.3 cm³/mol. The molecule has 0 fully saturated rings. The molecule has 0 saturated carbocycles. The molecule has 2 amide bonds. The van der Waals surface area contributed by atoms with E-state index in [0.717, 1.165) is 0 Å². The van der Waals surface area contributed by atoms with E-state index in [2.05, 4.69) is 5.32 Å². The Morgan fingerprint density at radius 3 is 2.54 bits per heavy atom. The van der Waals surface area contributed by atoms with Gasteiger partial charge in [-0.1, -0.05) is 30.7 Å². The lowest BCUT2D eigenvalue weighted by atomic mass is 10.1. The van der Waals surface area contributed by atoms with Gasteiger partial charge in [-0.2, -0.15) is 0 Å². The van der Waals surface area contributed by atoms with Crippen LogP contribution in [-0.4, -0.2) is 35.6 Å². The van der Waals surface area contributed by atoms with Gasteiger partial charge in [0.25, 0.3) is 0 Å². The van der Waals surface area contributed by atoms with Crippen LogP contribution in [0.4, 0.5) is 9.18 Å². The zero-order chi connectivity index (χ0) is 18.5. The number of carbonyl (C=O) groups is 2. The van der Waals surface area contributed by atoms with E-state index in [1.54, 1.807) is 39.8 Å². The molecule has 0 aromatic heterocycles. The quantitative estimate of drug-likeness (QED) is 0.872. The third-order valence-electron chi connectivity index (χ3n) is 3.32. The van der Waals surface area contributed by atoms with Crippen molar-refractivity contribution in [2.45, 2.75) is 52.3 Å². The lowest BCUT2D eigenvalue weighted by Crippen LogP contribution is -2.48. The largest absolute Gasteiger partial charge is 0.444 e. The predicted octanol–water partition coefficient (Wildman–Crippen LogP) is 3.74. The van der Waals surface area contributed by atoms with Gasteiger partial charge in [0, 0.05) is 19.2 Å². The molecule has 1 aromatic rings. The molecule has 1 aromatic carbocycles. The number of benzene rings is 1. The monoisotopic (exact) mass is 358 g/mol. The van der Waals surface area contributed by atoms with Crippen LogP contribution >= 0.6 is 11.6 Å². The molecule has 1 unspecified atom stereocenters. The zero-order valence-electron chi connectivity index (χ0n) is 14.7. The van der Waals surface area contributed by atoms with Crippen molar-refractivity contribution in [1.29, 1.82) is 0 Å². The van der Waals surface area contributed by atoms with E-state index in [1.807, 2.05) is 0 Å². The Bertz CT molecular complexity index is 602. The fraction of sp³-hybridized carbons (Fsp3) is 0.529. The second-order valence-corrected chi connectivity index (χ2v) is 6.85. The van der Waals surface area contributed by atoms with Gasteiger partial charge < -0.3 is 10.1 Å². The van der Waals surface area contributed by atoms with Gasteiger partial charge >= 0.3 is 6.09 Å². The van der Waals surface area contributed by atoms with Crippen molar-refractivity contribution >= 4 is 23.6 Å². The van der Waals surface area contributed by atoms with Crippen molar-refractivity contribution in [3.63, 3.8) is 0 Å². The minimum Gasteiger partial charge on any atom is -0.444 e. The van der Waals surface area contributed by atoms with Crippen LogP contribution in [0.15, 0.2) is 18.2 Å². The second kappa shape index (κ2) is 8.33. The summed E-state index contributed by atoms with van der Waals surface area (Å²) in [5.74, 6) is -0.946. The fourth-order valence-electron chi connectivity index (χ4n) is 2.08. The molecule has 0 aliphatic heterocycles. The lowest BCUT2D eigenvalue weighted by Gasteiger charge is -2.29. The number of nitrogens with zero attached hydrogens (tertiary/aromatic N) is 1. The Hall–Kier alpha value is -1.82. The molecule has 5 nitrogen and oxygen atoms in total. The van der Waals surface area contributed by atoms with Crippen molar-refractivity contribution in [2.24, 2.45) is 0 Å². The number of ether oxygens (including phenoxy) is 1. The molecular formula is C17H24ClFN2O3. The minimum absolute atomic E-state index is 0.000312. The summed E-state index contributed by atoms with van der Waals surface area (Å²) < 4.78 is 19.1. The third kappa shape index (κ3) is 5.67. The Labute approximate surface area is 147 Å². The normalized spacial score (nSPS) is 12.5. The number of amides is 2. The summed E-state index contributed by atoms with van der Waals surface area (Å²) in [5, 5.41) is 2.63. The third-order valence-corrected chi connectivity index (χ3v) is 3.61. The first kappa shape index (κ1) is 20.2. The van der Waals surface area contributed by atoms with Crippen molar-refractivity contribution in [2.75, 3.05) is 7.05 Å². The molecule has 134 valence electrons. The van der Waals surface area contributed by atoms with E-state index in [4.69, 9.17) is 16.3 Å². The summed E-state index contributed by atoms with van der Waals surface area (Å²) in [6.07, 6.45) is -0.182. The molecule has 0 aliphatic rings. The van der Waals surface area contributed by atoms with Crippen LogP contribution in [0.1, 0.15) is 39.7 Å². The molecule has 1 atom stereocenters. The summed E-state index contributed by atoms with van der Waals surface area (Å²) in [6, 6.07) is 3.88. The summed E-state index contributed by atoms with van der Waals surface area (Å²) in [6.45, 7) is 7.03. The zero-order valence-corrected chi connectivity index (χ0v) is 15.4. The summed E-state index contributed by atoms with van der Waals surface area (Å²) >= 11 is 5.72. The molecule has 1 N–H and O–H groups in total. The van der Waals surface area contributed by atoms with Crippen LogP contribution in [0.25, 0.3) is 0 Å². The van der Waals surface area contributed by atoms with Crippen molar-refractivity contribution in [3.8, 4) is 0 Å². The molecule has 0 aliphatic carbocycles. The smallest absolute Gasteiger partial charge is 0.410 e. The molecule has 0 bridgehead atoms. The first-order chi connectivity index (χ1) is 11.1. The highest BCUT2D eigenvalue weighted by Gasteiger charge is 2.28. The van der Waals surface area contributed by atoms with Gasteiger partial charge in [0.1, 0.15) is 17.5 Å². The van der Waals surface area contributed by atoms with Gasteiger partial charge in [-0.15, -0.1) is 0 Å². The maximum absolute atomic E-state index is 13.8. The highest BCUT2D eigenvalue weighted by atomic mass is 35.5. The Morgan fingerprint density at radius 1 is 1.38 bits per heavy atom. The summed E-state index contributed by atoms with van der Waals surface area (Å²) in [7, 11) is 1.50. The first-order valence-corrected chi connectivity index (χ1v) is 8.11. The van der Waals surface area contributed by atoms with Gasteiger partial charge in [0.05, 0.1) is 5.02 Å². The topological polar surface area (TPSA) is 58.6 Å². The van der Waals surface area contributed by atoms with E-state index >= 15 is 0 Å². The maximum atomic E-state index is 13.8. The average molecular weight is 359 g/mol. The number of likely N-dealkylation sites (N-methyl/N-ethyl adjacent to an activating group) is 1. The fourth-order valence-corrected chi connectivity index (χ4v) is 2.28. The number of nitrogens with one attached hydrogen (secondary N) is 1. The molecule has 0 saturated heterocycles. The Balaban J connectivity index is 2.72.